The predicted molar refractivity (Wildman–Crippen MR) is 63.6 cm³/mol. The first-order valence-corrected chi connectivity index (χ1v) is 5.92. The maximum atomic E-state index is 4.19. The van der Waals surface area contributed by atoms with Gasteiger partial charge in [-0.25, -0.2) is 4.98 Å². The fourth-order valence-electron chi connectivity index (χ4n) is 0.810. The van der Waals surface area contributed by atoms with E-state index in [1.165, 1.54) is 0 Å². The summed E-state index contributed by atoms with van der Waals surface area (Å²) in [7, 11) is 1.70. The number of hydrogen-bond donors (Lipinski definition) is 1. The Bertz CT molecular complexity index is 322. The van der Waals surface area contributed by atoms with E-state index >= 15 is 0 Å². The molecule has 0 saturated carbocycles. The van der Waals surface area contributed by atoms with Crippen molar-refractivity contribution < 1.29 is 0 Å². The van der Waals surface area contributed by atoms with Gasteiger partial charge in [-0.3, -0.25) is 0 Å². The van der Waals surface area contributed by atoms with Crippen LogP contribution in [0, 0.1) is 0 Å². The second-order valence-corrected chi connectivity index (χ2v) is 5.15. The zero-order valence-corrected chi connectivity index (χ0v) is 11.1. The van der Waals surface area contributed by atoms with Crippen LogP contribution >= 0.6 is 43.2 Å². The van der Waals surface area contributed by atoms with Gasteiger partial charge >= 0.3 is 0 Å². The number of aromatic nitrogens is 1. The molecule has 0 amide bonds. The lowest BCUT2D eigenvalue weighted by atomic mass is 10.4. The van der Waals surface area contributed by atoms with Gasteiger partial charge in [0, 0.05) is 5.70 Å². The van der Waals surface area contributed by atoms with Crippen LogP contribution in [0.15, 0.2) is 14.6 Å². The van der Waals surface area contributed by atoms with Gasteiger partial charge < -0.3 is 10.9 Å². The summed E-state index contributed by atoms with van der Waals surface area (Å²) < 4.78 is 1.68. The van der Waals surface area contributed by atoms with Crippen LogP contribution in [-0.2, 0) is 0 Å². The fourth-order valence-corrected chi connectivity index (χ4v) is 3.17. The molecule has 3 nitrogen and oxygen atoms in total. The molecular formula is C7H8Br2N3S-. The number of rotatable bonds is 3. The highest BCUT2D eigenvalue weighted by atomic mass is 79.9. The number of halogens is 2. The van der Waals surface area contributed by atoms with Gasteiger partial charge in [-0.05, 0) is 38.8 Å². The molecule has 13 heavy (non-hydrogen) atoms. The zero-order valence-electron chi connectivity index (χ0n) is 7.14. The number of allylic oxidation sites excluding steroid dienone is 1. The Morgan fingerprint density at radius 3 is 2.69 bits per heavy atom. The van der Waals surface area contributed by atoms with E-state index in [2.05, 4.69) is 47.7 Å². The molecule has 0 fully saturated rings. The van der Waals surface area contributed by atoms with Crippen LogP contribution in [0.25, 0.3) is 11.1 Å². The summed E-state index contributed by atoms with van der Waals surface area (Å²) in [5.41, 5.74) is 7.72. The minimum absolute atomic E-state index is 0.827. The van der Waals surface area contributed by atoms with Crippen molar-refractivity contribution in [3.63, 3.8) is 0 Å². The van der Waals surface area contributed by atoms with Gasteiger partial charge in [0.2, 0.25) is 0 Å². The van der Waals surface area contributed by atoms with Crippen LogP contribution in [0.2, 0.25) is 0 Å². The third-order valence-electron chi connectivity index (χ3n) is 1.33. The lowest BCUT2D eigenvalue weighted by Gasteiger charge is -2.18. The SMILES string of the molecule is CC=C(N[N-]C)c1sc(Br)nc1Br. The van der Waals surface area contributed by atoms with Crippen LogP contribution in [-0.4, -0.2) is 12.0 Å². The Kier molecular flexibility index (Phi) is 4.37. The van der Waals surface area contributed by atoms with Crippen LogP contribution in [0.4, 0.5) is 0 Å². The average Bonchev–Trinajstić information content (AvgIpc) is 2.41. The Morgan fingerprint density at radius 1 is 1.62 bits per heavy atom. The molecule has 0 saturated heterocycles. The molecule has 0 aromatic carbocycles. The highest BCUT2D eigenvalue weighted by molar-refractivity contribution is 9.11. The topological polar surface area (TPSA) is 39.0 Å². The van der Waals surface area contributed by atoms with E-state index in [1.54, 1.807) is 18.4 Å². The van der Waals surface area contributed by atoms with Gasteiger partial charge in [-0.1, -0.05) is 6.08 Å². The summed E-state index contributed by atoms with van der Waals surface area (Å²) in [6.07, 6.45) is 1.96. The standard InChI is InChI=1S/C7H8Br2N3S/c1-3-4(12-10-2)5-6(8)11-7(9)13-5/h3,12H,1-2H3/q-1. The molecule has 1 aromatic heterocycles. The molecule has 0 bridgehead atoms. The summed E-state index contributed by atoms with van der Waals surface area (Å²) in [6.45, 7) is 1.95. The fraction of sp³-hybridized carbons (Fsp3) is 0.286. The van der Waals surface area contributed by atoms with E-state index in [4.69, 9.17) is 0 Å². The van der Waals surface area contributed by atoms with Crippen molar-refractivity contribution in [3.05, 3.63) is 24.9 Å². The number of hydrogen-bond acceptors (Lipinski definition) is 3. The van der Waals surface area contributed by atoms with E-state index in [0.717, 1.165) is 19.1 Å². The number of nitrogens with one attached hydrogen (secondary N) is 1. The van der Waals surface area contributed by atoms with E-state index < -0.39 is 0 Å². The van der Waals surface area contributed by atoms with Crippen LogP contribution < -0.4 is 5.43 Å². The summed E-state index contributed by atoms with van der Waals surface area (Å²) in [5, 5.41) is 0. The molecule has 0 unspecified atom stereocenters. The Labute approximate surface area is 97.9 Å². The van der Waals surface area contributed by atoms with Crippen LogP contribution in [0.5, 0.6) is 0 Å². The Morgan fingerprint density at radius 2 is 2.31 bits per heavy atom. The van der Waals surface area contributed by atoms with Gasteiger partial charge in [0.05, 0.1) is 4.88 Å². The van der Waals surface area contributed by atoms with Crippen LogP contribution in [0.3, 0.4) is 0 Å². The molecule has 72 valence electrons. The van der Waals surface area contributed by atoms with Crippen molar-refractivity contribution in [1.29, 1.82) is 0 Å². The van der Waals surface area contributed by atoms with Gasteiger partial charge in [-0.15, -0.1) is 18.4 Å². The largest absolute Gasteiger partial charge is 0.574 e. The highest BCUT2D eigenvalue weighted by Gasteiger charge is 2.08. The maximum Gasteiger partial charge on any atom is 0.161 e. The van der Waals surface area contributed by atoms with Gasteiger partial charge in [-0.2, -0.15) is 0 Å². The molecule has 6 heteroatoms. The molecule has 1 heterocycles. The second-order valence-electron chi connectivity index (χ2n) is 2.12. The van der Waals surface area contributed by atoms with Crippen molar-refractivity contribution in [2.75, 3.05) is 7.05 Å². The third kappa shape index (κ3) is 2.77. The minimum Gasteiger partial charge on any atom is -0.574 e. The quantitative estimate of drug-likeness (QED) is 0.863. The molecular weight excluding hydrogens is 318 g/mol. The van der Waals surface area contributed by atoms with Gasteiger partial charge in [0.25, 0.3) is 0 Å². The lowest BCUT2D eigenvalue weighted by Crippen LogP contribution is -2.03. The van der Waals surface area contributed by atoms with E-state index in [9.17, 15) is 0 Å². The minimum atomic E-state index is 0.827. The molecule has 0 aliphatic rings. The summed E-state index contributed by atoms with van der Waals surface area (Å²) in [6, 6.07) is 0. The second kappa shape index (κ2) is 5.09. The smallest absolute Gasteiger partial charge is 0.161 e. The first kappa shape index (κ1) is 11.2. The normalized spacial score (nSPS) is 11.8. The predicted octanol–water partition coefficient (Wildman–Crippen LogP) is 3.54. The molecule has 1 rings (SSSR count). The van der Waals surface area contributed by atoms with Crippen molar-refractivity contribution in [2.45, 2.75) is 6.92 Å². The van der Waals surface area contributed by atoms with Gasteiger partial charge in [0.15, 0.2) is 3.92 Å². The maximum absolute atomic E-state index is 4.19. The Balaban J connectivity index is 2.98. The van der Waals surface area contributed by atoms with E-state index in [1.807, 2.05) is 13.0 Å². The zero-order chi connectivity index (χ0) is 9.84. The van der Waals surface area contributed by atoms with Gasteiger partial charge in [0.1, 0.15) is 4.60 Å². The van der Waals surface area contributed by atoms with Crippen molar-refractivity contribution in [3.8, 4) is 0 Å². The average molecular weight is 326 g/mol. The summed E-state index contributed by atoms with van der Waals surface area (Å²) in [5.74, 6) is 0. The van der Waals surface area contributed by atoms with Crippen molar-refractivity contribution in [2.24, 2.45) is 0 Å². The Hall–Kier alpha value is 0.0900. The highest BCUT2D eigenvalue weighted by Crippen LogP contribution is 2.31. The van der Waals surface area contributed by atoms with E-state index in [-0.39, 0.29) is 0 Å². The third-order valence-corrected chi connectivity index (χ3v) is 3.70. The molecule has 0 atom stereocenters. The van der Waals surface area contributed by atoms with Crippen LogP contribution in [0.1, 0.15) is 11.8 Å². The molecule has 0 spiro atoms. The molecule has 1 aromatic rings. The number of nitrogens with zero attached hydrogens (tertiary/aromatic N) is 2. The summed E-state index contributed by atoms with van der Waals surface area (Å²) in [4.78, 5) is 5.23. The number of thiazole rings is 1. The monoisotopic (exact) mass is 324 g/mol. The molecule has 0 radical (unpaired) electrons. The first-order valence-electron chi connectivity index (χ1n) is 3.52. The van der Waals surface area contributed by atoms with Crippen molar-refractivity contribution in [1.82, 2.24) is 10.4 Å². The summed E-state index contributed by atoms with van der Waals surface area (Å²) >= 11 is 8.25. The first-order chi connectivity index (χ1) is 6.19. The molecule has 0 aliphatic heterocycles. The molecule has 1 N–H and O–H groups in total. The van der Waals surface area contributed by atoms with E-state index in [0.29, 0.717) is 0 Å². The molecule has 0 aliphatic carbocycles. The lowest BCUT2D eigenvalue weighted by molar-refractivity contribution is 1.12. The van der Waals surface area contributed by atoms with Crippen molar-refractivity contribution >= 4 is 48.9 Å².